The Kier molecular flexibility index (Phi) is 3.36. The lowest BCUT2D eigenvalue weighted by Crippen LogP contribution is -2.43. The van der Waals surface area contributed by atoms with Crippen LogP contribution in [0.3, 0.4) is 0 Å². The van der Waals surface area contributed by atoms with Crippen molar-refractivity contribution in [2.24, 2.45) is 0 Å². The van der Waals surface area contributed by atoms with Gasteiger partial charge in [0.1, 0.15) is 18.4 Å². The van der Waals surface area contributed by atoms with E-state index in [0.717, 1.165) is 11.3 Å². The molecule has 18 heavy (non-hydrogen) atoms. The van der Waals surface area contributed by atoms with Crippen LogP contribution >= 0.6 is 0 Å². The summed E-state index contributed by atoms with van der Waals surface area (Å²) in [4.78, 5) is 22.5. The van der Waals surface area contributed by atoms with E-state index in [2.05, 4.69) is 5.43 Å². The van der Waals surface area contributed by atoms with Crippen molar-refractivity contribution in [2.45, 2.75) is 13.0 Å². The molecule has 0 bridgehead atoms. The third-order valence-corrected chi connectivity index (χ3v) is 2.65. The van der Waals surface area contributed by atoms with Crippen molar-refractivity contribution in [1.29, 1.82) is 0 Å². The van der Waals surface area contributed by atoms with Gasteiger partial charge in [0.05, 0.1) is 7.11 Å². The average Bonchev–Trinajstić information content (AvgIpc) is 2.71. The smallest absolute Gasteiger partial charge is 0.429 e. The Labute approximate surface area is 104 Å². The van der Waals surface area contributed by atoms with Gasteiger partial charge in [0.2, 0.25) is 5.91 Å². The van der Waals surface area contributed by atoms with Gasteiger partial charge < -0.3 is 9.47 Å². The molecule has 2 rings (SSSR count). The molecule has 0 aliphatic carbocycles. The summed E-state index contributed by atoms with van der Waals surface area (Å²) in [6.07, 6.45) is -0.550. The van der Waals surface area contributed by atoms with Crippen LogP contribution in [0.2, 0.25) is 0 Å². The molecular weight excluding hydrogens is 236 g/mol. The second kappa shape index (κ2) is 4.95. The van der Waals surface area contributed by atoms with Crippen molar-refractivity contribution in [1.82, 2.24) is 10.4 Å². The summed E-state index contributed by atoms with van der Waals surface area (Å²) in [5.74, 6) is 0.419. The number of carbonyl (C=O) groups excluding carboxylic acids is 2. The minimum atomic E-state index is -0.550. The largest absolute Gasteiger partial charge is 0.497 e. The number of rotatable bonds is 3. The quantitative estimate of drug-likeness (QED) is 0.876. The number of nitrogens with one attached hydrogen (secondary N) is 1. The van der Waals surface area contributed by atoms with Crippen molar-refractivity contribution in [2.75, 3.05) is 13.7 Å². The summed E-state index contributed by atoms with van der Waals surface area (Å²) in [6.45, 7) is 1.56. The third kappa shape index (κ3) is 2.37. The molecule has 1 saturated heterocycles. The van der Waals surface area contributed by atoms with Crippen molar-refractivity contribution in [3.8, 4) is 5.75 Å². The van der Waals surface area contributed by atoms with Crippen molar-refractivity contribution < 1.29 is 19.1 Å². The number of benzene rings is 1. The van der Waals surface area contributed by atoms with E-state index in [1.807, 2.05) is 12.1 Å². The topological polar surface area (TPSA) is 67.9 Å². The molecule has 1 fully saturated rings. The number of cyclic esters (lactones) is 1. The lowest BCUT2D eigenvalue weighted by atomic mass is 10.1. The summed E-state index contributed by atoms with van der Waals surface area (Å²) in [5.41, 5.74) is 3.33. The highest BCUT2D eigenvalue weighted by atomic mass is 16.6. The molecular formula is C12H14N2O4. The number of hydrogen-bond donors (Lipinski definition) is 1. The first-order valence-corrected chi connectivity index (χ1v) is 5.49. The molecule has 96 valence electrons. The molecule has 2 amide bonds. The number of carbonyl (C=O) groups is 2. The first kappa shape index (κ1) is 12.2. The molecule has 1 unspecified atom stereocenters. The predicted molar refractivity (Wildman–Crippen MR) is 62.7 cm³/mol. The molecule has 6 nitrogen and oxygen atoms in total. The lowest BCUT2D eigenvalue weighted by molar-refractivity contribution is -0.123. The Morgan fingerprint density at radius 3 is 2.67 bits per heavy atom. The Morgan fingerprint density at radius 1 is 1.44 bits per heavy atom. The Bertz CT molecular complexity index is 458. The molecule has 0 aromatic heterocycles. The van der Waals surface area contributed by atoms with Crippen LogP contribution in [0.1, 0.15) is 18.5 Å². The van der Waals surface area contributed by atoms with Crippen LogP contribution in [0.15, 0.2) is 24.3 Å². The van der Waals surface area contributed by atoms with E-state index in [9.17, 15) is 9.59 Å². The number of nitrogens with zero attached hydrogens (tertiary/aromatic N) is 1. The molecule has 1 aliphatic rings. The van der Waals surface area contributed by atoms with Gasteiger partial charge >= 0.3 is 6.09 Å². The highest BCUT2D eigenvalue weighted by Gasteiger charge is 2.35. The van der Waals surface area contributed by atoms with Crippen molar-refractivity contribution in [3.63, 3.8) is 0 Å². The molecule has 1 N–H and O–H groups in total. The number of amides is 2. The second-order valence-electron chi connectivity index (χ2n) is 3.90. The molecule has 1 atom stereocenters. The zero-order valence-electron chi connectivity index (χ0n) is 10.2. The van der Waals surface area contributed by atoms with Gasteiger partial charge in [-0.3, -0.25) is 10.2 Å². The fourth-order valence-corrected chi connectivity index (χ4v) is 1.79. The lowest BCUT2D eigenvalue weighted by Gasteiger charge is -2.21. The van der Waals surface area contributed by atoms with Crippen LogP contribution in [0, 0.1) is 0 Å². The monoisotopic (exact) mass is 250 g/mol. The summed E-state index contributed by atoms with van der Waals surface area (Å²) < 4.78 is 9.99. The maximum Gasteiger partial charge on any atom is 0.429 e. The molecule has 0 spiro atoms. The first-order chi connectivity index (χ1) is 8.61. The van der Waals surface area contributed by atoms with E-state index < -0.39 is 6.09 Å². The van der Waals surface area contributed by atoms with Crippen molar-refractivity contribution in [3.05, 3.63) is 29.8 Å². The SMILES string of the molecule is COc1ccc(C2COC(=O)N2NC(C)=O)cc1. The summed E-state index contributed by atoms with van der Waals surface area (Å²) in [6, 6.07) is 6.95. The molecule has 1 aromatic rings. The molecule has 0 saturated carbocycles. The van der Waals surface area contributed by atoms with E-state index in [-0.39, 0.29) is 18.6 Å². The van der Waals surface area contributed by atoms with Crippen LogP contribution in [0.25, 0.3) is 0 Å². The number of hydrazine groups is 1. The van der Waals surface area contributed by atoms with Gasteiger partial charge in [-0.15, -0.1) is 0 Å². The number of ether oxygens (including phenoxy) is 2. The molecule has 1 aromatic carbocycles. The zero-order valence-corrected chi connectivity index (χ0v) is 10.2. The van der Waals surface area contributed by atoms with Crippen molar-refractivity contribution >= 4 is 12.0 Å². The van der Waals surface area contributed by atoms with Crippen LogP contribution in [0.4, 0.5) is 4.79 Å². The van der Waals surface area contributed by atoms with Gasteiger partial charge in [-0.05, 0) is 17.7 Å². The van der Waals surface area contributed by atoms with E-state index in [4.69, 9.17) is 9.47 Å². The molecule has 6 heteroatoms. The molecule has 1 heterocycles. The van der Waals surface area contributed by atoms with Crippen LogP contribution < -0.4 is 10.2 Å². The maximum absolute atomic E-state index is 11.5. The van der Waals surface area contributed by atoms with E-state index in [1.165, 1.54) is 11.9 Å². The van der Waals surface area contributed by atoms with Gasteiger partial charge in [0.25, 0.3) is 0 Å². The molecule has 1 aliphatic heterocycles. The Morgan fingerprint density at radius 2 is 2.11 bits per heavy atom. The Hall–Kier alpha value is -2.24. The summed E-state index contributed by atoms with van der Waals surface area (Å²) in [7, 11) is 1.58. The molecule has 0 radical (unpaired) electrons. The van der Waals surface area contributed by atoms with Gasteiger partial charge in [0.15, 0.2) is 0 Å². The van der Waals surface area contributed by atoms with Crippen LogP contribution in [-0.2, 0) is 9.53 Å². The second-order valence-corrected chi connectivity index (χ2v) is 3.90. The van der Waals surface area contributed by atoms with E-state index in [1.54, 1.807) is 19.2 Å². The van der Waals surface area contributed by atoms with Gasteiger partial charge in [-0.1, -0.05) is 12.1 Å². The Balaban J connectivity index is 2.19. The normalized spacial score (nSPS) is 18.4. The van der Waals surface area contributed by atoms with Gasteiger partial charge in [-0.25, -0.2) is 9.80 Å². The minimum absolute atomic E-state index is 0.214. The van der Waals surface area contributed by atoms with E-state index in [0.29, 0.717) is 0 Å². The van der Waals surface area contributed by atoms with Crippen LogP contribution in [0.5, 0.6) is 5.75 Å². The van der Waals surface area contributed by atoms with E-state index >= 15 is 0 Å². The highest BCUT2D eigenvalue weighted by molar-refractivity contribution is 5.78. The summed E-state index contributed by atoms with van der Waals surface area (Å²) >= 11 is 0. The standard InChI is InChI=1S/C12H14N2O4/c1-8(15)13-14-11(7-18-12(14)16)9-3-5-10(17-2)6-4-9/h3-6,11H,7H2,1-2H3,(H,13,15). The minimum Gasteiger partial charge on any atom is -0.497 e. The number of methoxy groups -OCH3 is 1. The zero-order chi connectivity index (χ0) is 13.1. The predicted octanol–water partition coefficient (Wildman–Crippen LogP) is 1.24. The highest BCUT2D eigenvalue weighted by Crippen LogP contribution is 2.27. The maximum atomic E-state index is 11.5. The average molecular weight is 250 g/mol. The fraction of sp³-hybridized carbons (Fsp3) is 0.333. The van der Waals surface area contributed by atoms with Gasteiger partial charge in [0, 0.05) is 6.92 Å². The van der Waals surface area contributed by atoms with Crippen LogP contribution in [-0.4, -0.2) is 30.7 Å². The summed E-state index contributed by atoms with van der Waals surface area (Å²) in [5, 5.41) is 1.20. The van der Waals surface area contributed by atoms with Gasteiger partial charge in [-0.2, -0.15) is 0 Å². The fourth-order valence-electron chi connectivity index (χ4n) is 1.79. The third-order valence-electron chi connectivity index (χ3n) is 2.65. The first-order valence-electron chi connectivity index (χ1n) is 5.49. The number of hydrogen-bond acceptors (Lipinski definition) is 4.